The van der Waals surface area contributed by atoms with Crippen LogP contribution in [-0.2, 0) is 4.74 Å². The molecule has 0 spiro atoms. The van der Waals surface area contributed by atoms with Crippen LogP contribution in [0.25, 0.3) is 0 Å². The molecule has 0 aliphatic carbocycles. The highest BCUT2D eigenvalue weighted by Crippen LogP contribution is 2.33. The van der Waals surface area contributed by atoms with E-state index in [1.54, 1.807) is 0 Å². The quantitative estimate of drug-likeness (QED) is 0.657. The van der Waals surface area contributed by atoms with Gasteiger partial charge in [-0.3, -0.25) is 0 Å². The molecule has 0 saturated carbocycles. The predicted molar refractivity (Wildman–Crippen MR) is 61.3 cm³/mol. The third-order valence-corrected chi connectivity index (χ3v) is 3.65. The van der Waals surface area contributed by atoms with Gasteiger partial charge in [-0.05, 0) is 36.5 Å². The molecule has 1 saturated heterocycles. The van der Waals surface area contributed by atoms with Gasteiger partial charge in [-0.15, -0.1) is 0 Å². The molecule has 2 unspecified atom stereocenters. The highest BCUT2D eigenvalue weighted by Gasteiger charge is 2.27. The lowest BCUT2D eigenvalue weighted by molar-refractivity contribution is 0.0224. The van der Waals surface area contributed by atoms with Crippen LogP contribution in [0.15, 0.2) is 0 Å². The number of hydrogen-bond donors (Lipinski definition) is 0. The summed E-state index contributed by atoms with van der Waals surface area (Å²) in [7, 11) is 0. The van der Waals surface area contributed by atoms with Gasteiger partial charge in [-0.25, -0.2) is 0 Å². The standard InChI is InChI=1S/C13H26O/c1-10(2)12-7-5-6-8-14-9-13(12)11(3)4/h10-13H,5-9H2,1-4H3. The third-order valence-electron chi connectivity index (χ3n) is 3.65. The largest absolute Gasteiger partial charge is 0.381 e. The van der Waals surface area contributed by atoms with Gasteiger partial charge in [0.1, 0.15) is 0 Å². The first-order valence-electron chi connectivity index (χ1n) is 6.20. The van der Waals surface area contributed by atoms with Crippen LogP contribution < -0.4 is 0 Å². The molecular formula is C13H26O. The zero-order chi connectivity index (χ0) is 10.6. The minimum absolute atomic E-state index is 0.764. The molecule has 0 bridgehead atoms. The van der Waals surface area contributed by atoms with E-state index in [1.807, 2.05) is 0 Å². The molecule has 14 heavy (non-hydrogen) atoms. The third kappa shape index (κ3) is 3.27. The SMILES string of the molecule is CC(C)C1CCCCOCC1C(C)C. The molecule has 0 N–H and O–H groups in total. The van der Waals surface area contributed by atoms with Crippen LogP contribution in [0.3, 0.4) is 0 Å². The van der Waals surface area contributed by atoms with Crippen molar-refractivity contribution >= 4 is 0 Å². The van der Waals surface area contributed by atoms with E-state index in [0.717, 1.165) is 36.9 Å². The second kappa shape index (κ2) is 5.75. The summed E-state index contributed by atoms with van der Waals surface area (Å²) in [6, 6.07) is 0. The smallest absolute Gasteiger partial charge is 0.0499 e. The van der Waals surface area contributed by atoms with E-state index in [-0.39, 0.29) is 0 Å². The van der Waals surface area contributed by atoms with Crippen molar-refractivity contribution in [1.82, 2.24) is 0 Å². The van der Waals surface area contributed by atoms with Gasteiger partial charge in [0.15, 0.2) is 0 Å². The van der Waals surface area contributed by atoms with E-state index in [9.17, 15) is 0 Å². The van der Waals surface area contributed by atoms with E-state index in [0.29, 0.717) is 0 Å². The minimum atomic E-state index is 0.764. The number of rotatable bonds is 2. The summed E-state index contributed by atoms with van der Waals surface area (Å²) in [6.07, 6.45) is 4.02. The van der Waals surface area contributed by atoms with Crippen LogP contribution in [0.5, 0.6) is 0 Å². The molecular weight excluding hydrogens is 172 g/mol. The van der Waals surface area contributed by atoms with E-state index in [4.69, 9.17) is 4.74 Å². The maximum Gasteiger partial charge on any atom is 0.0499 e. The van der Waals surface area contributed by atoms with E-state index in [2.05, 4.69) is 27.7 Å². The van der Waals surface area contributed by atoms with Crippen LogP contribution in [0.1, 0.15) is 47.0 Å². The molecule has 0 aromatic heterocycles. The molecule has 1 rings (SSSR count). The second-order valence-electron chi connectivity index (χ2n) is 5.39. The summed E-state index contributed by atoms with van der Waals surface area (Å²) in [5.74, 6) is 3.22. The van der Waals surface area contributed by atoms with Crippen LogP contribution >= 0.6 is 0 Å². The van der Waals surface area contributed by atoms with Gasteiger partial charge >= 0.3 is 0 Å². The normalized spacial score (nSPS) is 30.4. The lowest BCUT2D eigenvalue weighted by atomic mass is 9.75. The van der Waals surface area contributed by atoms with Crippen LogP contribution in [-0.4, -0.2) is 13.2 Å². The zero-order valence-electron chi connectivity index (χ0n) is 10.3. The summed E-state index contributed by atoms with van der Waals surface area (Å²) < 4.78 is 5.73. The fraction of sp³-hybridized carbons (Fsp3) is 1.00. The Hall–Kier alpha value is -0.0400. The fourth-order valence-electron chi connectivity index (χ4n) is 2.66. The Bertz CT molecular complexity index is 133. The van der Waals surface area contributed by atoms with Crippen molar-refractivity contribution in [2.75, 3.05) is 13.2 Å². The molecule has 2 atom stereocenters. The summed E-state index contributed by atoms with van der Waals surface area (Å²) in [6.45, 7) is 11.4. The first-order valence-corrected chi connectivity index (χ1v) is 6.20. The Labute approximate surface area is 89.2 Å². The van der Waals surface area contributed by atoms with Crippen molar-refractivity contribution < 1.29 is 4.74 Å². The molecule has 0 radical (unpaired) electrons. The highest BCUT2D eigenvalue weighted by molar-refractivity contribution is 4.76. The molecule has 1 nitrogen and oxygen atoms in total. The lowest BCUT2D eigenvalue weighted by Gasteiger charge is -2.34. The summed E-state index contributed by atoms with van der Waals surface area (Å²) in [5.41, 5.74) is 0. The Balaban J connectivity index is 2.60. The number of hydrogen-bond acceptors (Lipinski definition) is 1. The summed E-state index contributed by atoms with van der Waals surface area (Å²) in [4.78, 5) is 0. The average Bonchev–Trinajstić information content (AvgIpc) is 2.01. The predicted octanol–water partition coefficient (Wildman–Crippen LogP) is 3.73. The van der Waals surface area contributed by atoms with Crippen molar-refractivity contribution in [2.45, 2.75) is 47.0 Å². The van der Waals surface area contributed by atoms with Crippen molar-refractivity contribution in [2.24, 2.45) is 23.7 Å². The fourth-order valence-corrected chi connectivity index (χ4v) is 2.66. The zero-order valence-corrected chi connectivity index (χ0v) is 10.3. The topological polar surface area (TPSA) is 9.23 Å². The second-order valence-corrected chi connectivity index (χ2v) is 5.39. The lowest BCUT2D eigenvalue weighted by Crippen LogP contribution is -2.30. The Morgan fingerprint density at radius 3 is 2.14 bits per heavy atom. The molecule has 1 heteroatoms. The first kappa shape index (κ1) is 12.0. The maximum absolute atomic E-state index is 5.73. The van der Waals surface area contributed by atoms with Gasteiger partial charge < -0.3 is 4.74 Å². The van der Waals surface area contributed by atoms with Gasteiger partial charge in [0.05, 0.1) is 0 Å². The molecule has 1 aliphatic heterocycles. The molecule has 0 amide bonds. The summed E-state index contributed by atoms with van der Waals surface area (Å²) in [5, 5.41) is 0. The number of ether oxygens (including phenoxy) is 1. The van der Waals surface area contributed by atoms with E-state index < -0.39 is 0 Å². The maximum atomic E-state index is 5.73. The van der Waals surface area contributed by atoms with Crippen molar-refractivity contribution in [3.05, 3.63) is 0 Å². The van der Waals surface area contributed by atoms with Gasteiger partial charge in [0.2, 0.25) is 0 Å². The molecule has 84 valence electrons. The van der Waals surface area contributed by atoms with Crippen molar-refractivity contribution in [3.8, 4) is 0 Å². The van der Waals surface area contributed by atoms with Crippen LogP contribution in [0.4, 0.5) is 0 Å². The minimum Gasteiger partial charge on any atom is -0.381 e. The Morgan fingerprint density at radius 1 is 0.929 bits per heavy atom. The van der Waals surface area contributed by atoms with Gasteiger partial charge in [-0.1, -0.05) is 34.1 Å². The molecule has 0 aromatic rings. The first-order chi connectivity index (χ1) is 6.63. The average molecular weight is 198 g/mol. The summed E-state index contributed by atoms with van der Waals surface area (Å²) >= 11 is 0. The monoisotopic (exact) mass is 198 g/mol. The Morgan fingerprint density at radius 2 is 1.57 bits per heavy atom. The van der Waals surface area contributed by atoms with Crippen LogP contribution in [0.2, 0.25) is 0 Å². The van der Waals surface area contributed by atoms with E-state index >= 15 is 0 Å². The molecule has 1 fully saturated rings. The van der Waals surface area contributed by atoms with Crippen LogP contribution in [0, 0.1) is 23.7 Å². The van der Waals surface area contributed by atoms with E-state index in [1.165, 1.54) is 19.3 Å². The van der Waals surface area contributed by atoms with Crippen molar-refractivity contribution in [3.63, 3.8) is 0 Å². The molecule has 1 heterocycles. The molecule has 1 aliphatic rings. The van der Waals surface area contributed by atoms with Gasteiger partial charge in [0.25, 0.3) is 0 Å². The van der Waals surface area contributed by atoms with Gasteiger partial charge in [-0.2, -0.15) is 0 Å². The highest BCUT2D eigenvalue weighted by atomic mass is 16.5. The Kier molecular flexibility index (Phi) is 4.94. The molecule has 0 aromatic carbocycles. The van der Waals surface area contributed by atoms with Crippen molar-refractivity contribution in [1.29, 1.82) is 0 Å². The van der Waals surface area contributed by atoms with Gasteiger partial charge in [0, 0.05) is 13.2 Å².